The molecule has 0 amide bonds. The van der Waals surface area contributed by atoms with E-state index in [1.807, 2.05) is 11.7 Å². The fourth-order valence-corrected chi connectivity index (χ4v) is 2.56. The molecule has 0 fully saturated rings. The first-order valence-corrected chi connectivity index (χ1v) is 6.96. The van der Waals surface area contributed by atoms with Crippen LogP contribution in [0.3, 0.4) is 0 Å². The van der Waals surface area contributed by atoms with E-state index in [1.165, 1.54) is 12.3 Å². The zero-order valence-corrected chi connectivity index (χ0v) is 12.5. The van der Waals surface area contributed by atoms with Crippen molar-refractivity contribution in [2.24, 2.45) is 0 Å². The molecule has 0 saturated carbocycles. The van der Waals surface area contributed by atoms with Crippen molar-refractivity contribution in [3.63, 3.8) is 0 Å². The molecule has 0 aliphatic carbocycles. The van der Waals surface area contributed by atoms with E-state index in [-0.39, 0.29) is 11.9 Å². The summed E-state index contributed by atoms with van der Waals surface area (Å²) < 4.78 is 15.8. The third kappa shape index (κ3) is 3.01. The highest BCUT2D eigenvalue weighted by atomic mass is 79.9. The van der Waals surface area contributed by atoms with Crippen LogP contribution in [0.2, 0.25) is 0 Å². The molecule has 2 rings (SSSR count). The summed E-state index contributed by atoms with van der Waals surface area (Å²) in [5, 5.41) is 7.55. The predicted octanol–water partition coefficient (Wildman–Crippen LogP) is 2.90. The molecule has 1 N–H and O–H groups in total. The van der Waals surface area contributed by atoms with Crippen LogP contribution in [-0.4, -0.2) is 21.8 Å². The molecule has 6 heteroatoms. The van der Waals surface area contributed by atoms with Crippen LogP contribution in [0.4, 0.5) is 4.39 Å². The van der Waals surface area contributed by atoms with Crippen molar-refractivity contribution in [1.82, 2.24) is 20.1 Å². The molecular weight excluding hydrogens is 311 g/mol. The van der Waals surface area contributed by atoms with Crippen LogP contribution in [0.5, 0.6) is 0 Å². The molecule has 0 spiro atoms. The fourth-order valence-electron chi connectivity index (χ4n) is 2.03. The van der Waals surface area contributed by atoms with Gasteiger partial charge < -0.3 is 5.32 Å². The lowest BCUT2D eigenvalue weighted by atomic mass is 10.1. The smallest absolute Gasteiger partial charge is 0.141 e. The maximum absolute atomic E-state index is 13.0. The van der Waals surface area contributed by atoms with Gasteiger partial charge in [0, 0.05) is 6.54 Å². The summed E-state index contributed by atoms with van der Waals surface area (Å²) in [4.78, 5) is 4.15. The molecule has 102 valence electrons. The normalized spacial score (nSPS) is 12.6. The largest absolute Gasteiger partial charge is 0.307 e. The van der Waals surface area contributed by atoms with Crippen LogP contribution in [0, 0.1) is 5.82 Å². The van der Waals surface area contributed by atoms with Crippen molar-refractivity contribution < 1.29 is 4.39 Å². The van der Waals surface area contributed by atoms with E-state index in [4.69, 9.17) is 0 Å². The summed E-state index contributed by atoms with van der Waals surface area (Å²) in [7, 11) is 1.85. The molecule has 0 aliphatic rings. The third-order valence-corrected chi connectivity index (χ3v) is 3.49. The lowest BCUT2D eigenvalue weighted by molar-refractivity contribution is 0.526. The SMILES string of the molecule is CCCn1ncc(Br)c1C(NC)c1ccc(F)cn1. The molecule has 4 nitrogen and oxygen atoms in total. The van der Waals surface area contributed by atoms with E-state index in [0.717, 1.165) is 28.8 Å². The zero-order valence-electron chi connectivity index (χ0n) is 10.9. The number of hydrogen-bond acceptors (Lipinski definition) is 3. The first kappa shape index (κ1) is 14.1. The Morgan fingerprint density at radius 3 is 2.79 bits per heavy atom. The zero-order chi connectivity index (χ0) is 13.8. The molecule has 2 heterocycles. The average molecular weight is 327 g/mol. The Hall–Kier alpha value is -1.27. The molecule has 0 radical (unpaired) electrons. The van der Waals surface area contributed by atoms with Crippen LogP contribution in [0.15, 0.2) is 29.0 Å². The van der Waals surface area contributed by atoms with Crippen molar-refractivity contribution in [1.29, 1.82) is 0 Å². The second kappa shape index (κ2) is 6.25. The van der Waals surface area contributed by atoms with E-state index in [1.54, 1.807) is 12.3 Å². The Morgan fingerprint density at radius 2 is 2.21 bits per heavy atom. The van der Waals surface area contributed by atoms with Crippen molar-refractivity contribution in [2.45, 2.75) is 25.9 Å². The molecule has 19 heavy (non-hydrogen) atoms. The lowest BCUT2D eigenvalue weighted by Crippen LogP contribution is -2.23. The van der Waals surface area contributed by atoms with Crippen LogP contribution >= 0.6 is 15.9 Å². The monoisotopic (exact) mass is 326 g/mol. The van der Waals surface area contributed by atoms with Gasteiger partial charge in [-0.2, -0.15) is 5.10 Å². The number of halogens is 2. The molecule has 1 unspecified atom stereocenters. The van der Waals surface area contributed by atoms with Gasteiger partial charge in [0.2, 0.25) is 0 Å². The van der Waals surface area contributed by atoms with Crippen LogP contribution < -0.4 is 5.32 Å². The molecule has 0 aliphatic heterocycles. The van der Waals surface area contributed by atoms with E-state index in [9.17, 15) is 4.39 Å². The number of nitrogens with one attached hydrogen (secondary N) is 1. The molecule has 0 bridgehead atoms. The quantitative estimate of drug-likeness (QED) is 0.918. The standard InChI is InChI=1S/C13H16BrFN4/c1-3-6-19-13(10(14)8-18-19)12(16-2)11-5-4-9(15)7-17-11/h4-5,7-8,12,16H,3,6H2,1-2H3. The summed E-state index contributed by atoms with van der Waals surface area (Å²) in [5.41, 5.74) is 1.77. The highest BCUT2D eigenvalue weighted by molar-refractivity contribution is 9.10. The lowest BCUT2D eigenvalue weighted by Gasteiger charge is -2.18. The highest BCUT2D eigenvalue weighted by Gasteiger charge is 2.21. The van der Waals surface area contributed by atoms with Gasteiger partial charge in [-0.3, -0.25) is 9.67 Å². The minimum atomic E-state index is -0.334. The van der Waals surface area contributed by atoms with Crippen molar-refractivity contribution >= 4 is 15.9 Å². The Morgan fingerprint density at radius 1 is 1.42 bits per heavy atom. The summed E-state index contributed by atoms with van der Waals surface area (Å²) in [6, 6.07) is 2.98. The average Bonchev–Trinajstić information content (AvgIpc) is 2.76. The first-order valence-electron chi connectivity index (χ1n) is 6.17. The second-order valence-corrected chi connectivity index (χ2v) is 5.08. The van der Waals surface area contributed by atoms with Crippen molar-refractivity contribution in [2.75, 3.05) is 7.05 Å². The van der Waals surface area contributed by atoms with Gasteiger partial charge in [-0.15, -0.1) is 0 Å². The number of nitrogens with zero attached hydrogens (tertiary/aromatic N) is 3. The fraction of sp³-hybridized carbons (Fsp3) is 0.385. The number of hydrogen-bond donors (Lipinski definition) is 1. The van der Waals surface area contributed by atoms with Crippen LogP contribution in [0.25, 0.3) is 0 Å². The van der Waals surface area contributed by atoms with Crippen molar-refractivity contribution in [3.05, 3.63) is 46.2 Å². The molecule has 0 aromatic carbocycles. The van der Waals surface area contributed by atoms with Crippen molar-refractivity contribution in [3.8, 4) is 0 Å². The van der Waals surface area contributed by atoms with Gasteiger partial charge in [-0.1, -0.05) is 6.92 Å². The van der Waals surface area contributed by atoms with E-state index >= 15 is 0 Å². The first-order chi connectivity index (χ1) is 9.17. The van der Waals surface area contributed by atoms with Crippen LogP contribution in [0.1, 0.15) is 30.8 Å². The Bertz CT molecular complexity index is 538. The van der Waals surface area contributed by atoms with Gasteiger partial charge in [0.15, 0.2) is 0 Å². The number of aromatic nitrogens is 3. The van der Waals surface area contributed by atoms with Gasteiger partial charge in [0.1, 0.15) is 5.82 Å². The van der Waals surface area contributed by atoms with Gasteiger partial charge in [-0.25, -0.2) is 4.39 Å². The Kier molecular flexibility index (Phi) is 4.66. The minimum Gasteiger partial charge on any atom is -0.307 e. The summed E-state index contributed by atoms with van der Waals surface area (Å²) >= 11 is 3.52. The summed E-state index contributed by atoms with van der Waals surface area (Å²) in [6.45, 7) is 2.93. The topological polar surface area (TPSA) is 42.7 Å². The summed E-state index contributed by atoms with van der Waals surface area (Å²) in [6.07, 6.45) is 4.00. The molecule has 1 atom stereocenters. The maximum atomic E-state index is 13.0. The Balaban J connectivity index is 2.41. The van der Waals surface area contributed by atoms with Crippen LogP contribution in [-0.2, 0) is 6.54 Å². The predicted molar refractivity (Wildman–Crippen MR) is 75.3 cm³/mol. The molecular formula is C13H16BrFN4. The Labute approximate surface area is 120 Å². The third-order valence-electron chi connectivity index (χ3n) is 2.88. The van der Waals surface area contributed by atoms with Gasteiger partial charge in [0.25, 0.3) is 0 Å². The molecule has 2 aromatic heterocycles. The van der Waals surface area contributed by atoms with E-state index in [0.29, 0.717) is 0 Å². The molecule has 2 aromatic rings. The minimum absolute atomic E-state index is 0.121. The number of rotatable bonds is 5. The number of pyridine rings is 1. The highest BCUT2D eigenvalue weighted by Crippen LogP contribution is 2.27. The summed E-state index contributed by atoms with van der Waals surface area (Å²) in [5.74, 6) is -0.334. The molecule has 0 saturated heterocycles. The number of aryl methyl sites for hydroxylation is 1. The van der Waals surface area contributed by atoms with E-state index in [2.05, 4.69) is 38.3 Å². The van der Waals surface area contributed by atoms with Gasteiger partial charge in [0.05, 0.1) is 34.3 Å². The van der Waals surface area contributed by atoms with Gasteiger partial charge in [-0.05, 0) is 41.5 Å². The van der Waals surface area contributed by atoms with Gasteiger partial charge >= 0.3 is 0 Å². The second-order valence-electron chi connectivity index (χ2n) is 4.22. The van der Waals surface area contributed by atoms with E-state index < -0.39 is 0 Å². The maximum Gasteiger partial charge on any atom is 0.141 e.